The summed E-state index contributed by atoms with van der Waals surface area (Å²) in [5, 5.41) is -0.298. The van der Waals surface area contributed by atoms with E-state index in [0.717, 1.165) is 6.07 Å². The number of rotatable bonds is 2. The van der Waals surface area contributed by atoms with Gasteiger partial charge >= 0.3 is 0 Å². The van der Waals surface area contributed by atoms with Gasteiger partial charge in [0.25, 0.3) is 6.43 Å². The van der Waals surface area contributed by atoms with E-state index in [4.69, 9.17) is 11.6 Å². The predicted molar refractivity (Wildman–Crippen MR) is 47.3 cm³/mol. The molecule has 13 heavy (non-hydrogen) atoms. The zero-order valence-electron chi connectivity index (χ0n) is 6.10. The van der Waals surface area contributed by atoms with Crippen molar-refractivity contribution in [3.8, 4) is 0 Å². The van der Waals surface area contributed by atoms with E-state index in [-0.39, 0.29) is 15.3 Å². The number of hydrogen-bond donors (Lipinski definition) is 0. The second-order valence-electron chi connectivity index (χ2n) is 2.15. The third kappa shape index (κ3) is 2.22. The Labute approximate surface area is 86.0 Å². The van der Waals surface area contributed by atoms with Crippen molar-refractivity contribution in [3.05, 3.63) is 26.9 Å². The maximum atomic E-state index is 12.3. The van der Waals surface area contributed by atoms with Crippen LogP contribution in [0.15, 0.2) is 10.7 Å². The molecule has 0 radical (unpaired) electrons. The normalized spacial score (nSPS) is 10.5. The molecule has 0 bridgehead atoms. The van der Waals surface area contributed by atoms with Gasteiger partial charge in [0.05, 0.1) is 5.02 Å². The molecular formula is C7H3BrClF2NO. The van der Waals surface area contributed by atoms with Gasteiger partial charge in [0.15, 0.2) is 6.29 Å². The van der Waals surface area contributed by atoms with Gasteiger partial charge in [-0.15, -0.1) is 0 Å². The van der Waals surface area contributed by atoms with Crippen LogP contribution in [0.25, 0.3) is 0 Å². The van der Waals surface area contributed by atoms with Crippen molar-refractivity contribution < 1.29 is 13.6 Å². The van der Waals surface area contributed by atoms with E-state index in [9.17, 15) is 13.6 Å². The summed E-state index contributed by atoms with van der Waals surface area (Å²) in [6, 6.07) is 1.08. The SMILES string of the molecule is O=Cc1nc(Br)cc(C(F)F)c1Cl. The Hall–Kier alpha value is -0.550. The molecule has 0 fully saturated rings. The summed E-state index contributed by atoms with van der Waals surface area (Å²) >= 11 is 8.38. The van der Waals surface area contributed by atoms with Crippen LogP contribution in [0.3, 0.4) is 0 Å². The monoisotopic (exact) mass is 269 g/mol. The Kier molecular flexibility index (Phi) is 3.33. The maximum absolute atomic E-state index is 12.3. The van der Waals surface area contributed by atoms with Gasteiger partial charge in [0.1, 0.15) is 10.3 Å². The van der Waals surface area contributed by atoms with Crippen LogP contribution in [-0.2, 0) is 0 Å². The van der Waals surface area contributed by atoms with Crippen LogP contribution >= 0.6 is 27.5 Å². The molecule has 0 saturated carbocycles. The van der Waals surface area contributed by atoms with Gasteiger partial charge in [-0.1, -0.05) is 11.6 Å². The molecule has 0 unspecified atom stereocenters. The number of carbonyl (C=O) groups is 1. The zero-order valence-corrected chi connectivity index (χ0v) is 8.44. The molecule has 1 aromatic rings. The van der Waals surface area contributed by atoms with Crippen molar-refractivity contribution in [1.29, 1.82) is 0 Å². The lowest BCUT2D eigenvalue weighted by Gasteiger charge is -2.04. The second kappa shape index (κ2) is 4.11. The Bertz CT molecular complexity index is 346. The fourth-order valence-corrected chi connectivity index (χ4v) is 1.43. The van der Waals surface area contributed by atoms with Gasteiger partial charge in [-0.2, -0.15) is 0 Å². The van der Waals surface area contributed by atoms with Crippen LogP contribution in [0.4, 0.5) is 8.78 Å². The molecular weight excluding hydrogens is 267 g/mol. The highest BCUT2D eigenvalue weighted by Crippen LogP contribution is 2.30. The summed E-state index contributed by atoms with van der Waals surface area (Å²) in [4.78, 5) is 14.0. The third-order valence-electron chi connectivity index (χ3n) is 1.33. The number of aldehydes is 1. The molecule has 1 rings (SSSR count). The number of alkyl halides is 2. The summed E-state index contributed by atoms with van der Waals surface area (Å²) in [6.07, 6.45) is -2.38. The fraction of sp³-hybridized carbons (Fsp3) is 0.143. The van der Waals surface area contributed by atoms with Gasteiger partial charge in [-0.05, 0) is 22.0 Å². The van der Waals surface area contributed by atoms with Crippen molar-refractivity contribution in [3.63, 3.8) is 0 Å². The van der Waals surface area contributed by atoms with Gasteiger partial charge < -0.3 is 0 Å². The first-order valence-electron chi connectivity index (χ1n) is 3.15. The molecule has 0 aliphatic rings. The average Bonchev–Trinajstić information content (AvgIpc) is 2.08. The second-order valence-corrected chi connectivity index (χ2v) is 3.34. The summed E-state index contributed by atoms with van der Waals surface area (Å²) in [7, 11) is 0. The Balaban J connectivity index is 3.35. The minimum absolute atomic E-state index is 0.161. The van der Waals surface area contributed by atoms with E-state index in [0.29, 0.717) is 6.29 Å². The van der Waals surface area contributed by atoms with Crippen LogP contribution < -0.4 is 0 Å². The van der Waals surface area contributed by atoms with Crippen molar-refractivity contribution in [1.82, 2.24) is 4.98 Å². The zero-order chi connectivity index (χ0) is 10.0. The number of hydrogen-bond acceptors (Lipinski definition) is 2. The smallest absolute Gasteiger partial charge is 0.265 e. The molecule has 0 saturated heterocycles. The summed E-state index contributed by atoms with van der Waals surface area (Å²) < 4.78 is 24.7. The summed E-state index contributed by atoms with van der Waals surface area (Å²) in [5.74, 6) is 0. The average molecular weight is 270 g/mol. The standard InChI is InChI=1S/C7H3BrClF2NO/c8-5-1-3(7(10)11)6(9)4(2-13)12-5/h1-2,7H. The molecule has 70 valence electrons. The molecule has 1 aromatic heterocycles. The minimum atomic E-state index is -2.72. The molecule has 1 heterocycles. The van der Waals surface area contributed by atoms with E-state index < -0.39 is 12.0 Å². The van der Waals surface area contributed by atoms with Crippen molar-refractivity contribution >= 4 is 33.8 Å². The van der Waals surface area contributed by atoms with Crippen LogP contribution in [0.5, 0.6) is 0 Å². The van der Waals surface area contributed by atoms with Gasteiger partial charge in [-0.25, -0.2) is 13.8 Å². The molecule has 0 atom stereocenters. The van der Waals surface area contributed by atoms with E-state index in [2.05, 4.69) is 20.9 Å². The molecule has 0 aliphatic carbocycles. The first kappa shape index (κ1) is 10.5. The lowest BCUT2D eigenvalue weighted by Crippen LogP contribution is -1.95. The lowest BCUT2D eigenvalue weighted by molar-refractivity contribution is 0.111. The molecule has 0 amide bonds. The molecule has 0 spiro atoms. The van der Waals surface area contributed by atoms with E-state index >= 15 is 0 Å². The maximum Gasteiger partial charge on any atom is 0.265 e. The Morgan fingerprint density at radius 1 is 1.62 bits per heavy atom. The first-order chi connectivity index (χ1) is 6.06. The first-order valence-corrected chi connectivity index (χ1v) is 4.32. The highest BCUT2D eigenvalue weighted by atomic mass is 79.9. The summed E-state index contributed by atoms with van der Waals surface area (Å²) in [6.45, 7) is 0. The number of aromatic nitrogens is 1. The van der Waals surface area contributed by atoms with Crippen molar-refractivity contribution in [2.45, 2.75) is 6.43 Å². The summed E-state index contributed by atoms with van der Waals surface area (Å²) in [5.41, 5.74) is -0.586. The topological polar surface area (TPSA) is 30.0 Å². The number of halogens is 4. The van der Waals surface area contributed by atoms with Gasteiger partial charge in [0.2, 0.25) is 0 Å². The largest absolute Gasteiger partial charge is 0.296 e. The fourth-order valence-electron chi connectivity index (χ4n) is 0.773. The van der Waals surface area contributed by atoms with Gasteiger partial charge in [0, 0.05) is 5.56 Å². The quantitative estimate of drug-likeness (QED) is 0.610. The molecule has 0 aliphatic heterocycles. The van der Waals surface area contributed by atoms with Crippen LogP contribution in [0.1, 0.15) is 22.5 Å². The number of pyridine rings is 1. The van der Waals surface area contributed by atoms with Crippen LogP contribution in [0, 0.1) is 0 Å². The number of carbonyl (C=O) groups excluding carboxylic acids is 1. The minimum Gasteiger partial charge on any atom is -0.296 e. The highest BCUT2D eigenvalue weighted by Gasteiger charge is 2.16. The third-order valence-corrected chi connectivity index (χ3v) is 2.15. The van der Waals surface area contributed by atoms with E-state index in [1.165, 1.54) is 0 Å². The Morgan fingerprint density at radius 3 is 2.69 bits per heavy atom. The van der Waals surface area contributed by atoms with Crippen molar-refractivity contribution in [2.24, 2.45) is 0 Å². The van der Waals surface area contributed by atoms with Crippen LogP contribution in [0.2, 0.25) is 5.02 Å². The van der Waals surface area contributed by atoms with Gasteiger partial charge in [-0.3, -0.25) is 4.79 Å². The lowest BCUT2D eigenvalue weighted by atomic mass is 10.2. The number of nitrogens with zero attached hydrogens (tertiary/aromatic N) is 1. The molecule has 0 aromatic carbocycles. The van der Waals surface area contributed by atoms with Crippen molar-refractivity contribution in [2.75, 3.05) is 0 Å². The molecule has 6 heteroatoms. The van der Waals surface area contributed by atoms with E-state index in [1.807, 2.05) is 0 Å². The molecule has 0 N–H and O–H groups in total. The highest BCUT2D eigenvalue weighted by molar-refractivity contribution is 9.10. The Morgan fingerprint density at radius 2 is 2.23 bits per heavy atom. The van der Waals surface area contributed by atoms with Crippen LogP contribution in [-0.4, -0.2) is 11.3 Å². The molecule has 2 nitrogen and oxygen atoms in total. The predicted octanol–water partition coefficient (Wildman–Crippen LogP) is 3.25. The van der Waals surface area contributed by atoms with E-state index in [1.54, 1.807) is 0 Å².